The molecule has 0 unspecified atom stereocenters. The average Bonchev–Trinajstić information content (AvgIpc) is 2.81. The maximum Gasteiger partial charge on any atom is 0.257 e. The fourth-order valence-electron chi connectivity index (χ4n) is 1.68. The molecule has 0 spiro atoms. The number of benzene rings is 1. The van der Waals surface area contributed by atoms with E-state index >= 15 is 0 Å². The Kier molecular flexibility index (Phi) is 3.95. The largest absolute Gasteiger partial charge is 0.296 e. The Hall–Kier alpha value is -1.75. The highest BCUT2D eigenvalue weighted by Crippen LogP contribution is 2.23. The number of amides is 1. The molecule has 1 N–H and O–H groups in total. The van der Waals surface area contributed by atoms with Gasteiger partial charge in [-0.2, -0.15) is 0 Å². The number of aromatic nitrogens is 2. The van der Waals surface area contributed by atoms with Crippen molar-refractivity contribution in [1.82, 2.24) is 10.2 Å². The predicted molar refractivity (Wildman–Crippen MR) is 77.9 cm³/mol. The maximum absolute atomic E-state index is 12.2. The van der Waals surface area contributed by atoms with Crippen LogP contribution in [0.25, 0.3) is 0 Å². The van der Waals surface area contributed by atoms with Crippen LogP contribution in [-0.4, -0.2) is 16.1 Å². The topological polar surface area (TPSA) is 54.9 Å². The van der Waals surface area contributed by atoms with Gasteiger partial charge in [-0.25, -0.2) is 0 Å². The lowest BCUT2D eigenvalue weighted by molar-refractivity contribution is 0.102. The molecule has 1 amide bonds. The smallest absolute Gasteiger partial charge is 0.257 e. The summed E-state index contributed by atoms with van der Waals surface area (Å²) in [5.74, 6) is 0.191. The van der Waals surface area contributed by atoms with Gasteiger partial charge in [-0.05, 0) is 31.0 Å². The van der Waals surface area contributed by atoms with Crippen molar-refractivity contribution in [2.45, 2.75) is 33.6 Å². The van der Waals surface area contributed by atoms with Gasteiger partial charge in [0.25, 0.3) is 5.91 Å². The van der Waals surface area contributed by atoms with E-state index in [2.05, 4.69) is 29.4 Å². The highest BCUT2D eigenvalue weighted by atomic mass is 32.1. The van der Waals surface area contributed by atoms with Crippen LogP contribution in [0.2, 0.25) is 0 Å². The SMILES string of the molecule is Cc1cccc(C(=O)Nc2nnc(C(C)C)s2)c1C. The molecular formula is C14H17N3OS. The third kappa shape index (κ3) is 2.98. The second-order valence-corrected chi connectivity index (χ2v) is 5.81. The van der Waals surface area contributed by atoms with E-state index in [1.165, 1.54) is 11.3 Å². The van der Waals surface area contributed by atoms with Gasteiger partial charge in [-0.3, -0.25) is 10.1 Å². The number of hydrogen-bond donors (Lipinski definition) is 1. The molecule has 0 bridgehead atoms. The second-order valence-electron chi connectivity index (χ2n) is 4.80. The third-order valence-electron chi connectivity index (χ3n) is 3.00. The fourth-order valence-corrected chi connectivity index (χ4v) is 2.42. The van der Waals surface area contributed by atoms with Crippen LogP contribution in [0.15, 0.2) is 18.2 Å². The summed E-state index contributed by atoms with van der Waals surface area (Å²) < 4.78 is 0. The van der Waals surface area contributed by atoms with Crippen molar-refractivity contribution >= 4 is 22.4 Å². The van der Waals surface area contributed by atoms with Crippen LogP contribution in [-0.2, 0) is 0 Å². The normalized spacial score (nSPS) is 10.8. The molecule has 0 saturated carbocycles. The lowest BCUT2D eigenvalue weighted by Crippen LogP contribution is -2.13. The molecule has 1 heterocycles. The van der Waals surface area contributed by atoms with Gasteiger partial charge in [0.1, 0.15) is 5.01 Å². The van der Waals surface area contributed by atoms with Crippen LogP contribution in [0.4, 0.5) is 5.13 Å². The van der Waals surface area contributed by atoms with Crippen LogP contribution in [0, 0.1) is 13.8 Å². The number of nitrogens with zero attached hydrogens (tertiary/aromatic N) is 2. The summed E-state index contributed by atoms with van der Waals surface area (Å²) in [7, 11) is 0. The van der Waals surface area contributed by atoms with Crippen molar-refractivity contribution in [2.24, 2.45) is 0 Å². The fraction of sp³-hybridized carbons (Fsp3) is 0.357. The minimum absolute atomic E-state index is 0.132. The van der Waals surface area contributed by atoms with Crippen molar-refractivity contribution in [3.8, 4) is 0 Å². The number of carbonyl (C=O) groups is 1. The predicted octanol–water partition coefficient (Wildman–Crippen LogP) is 3.53. The van der Waals surface area contributed by atoms with Gasteiger partial charge >= 0.3 is 0 Å². The summed E-state index contributed by atoms with van der Waals surface area (Å²) in [6, 6.07) is 5.70. The first-order valence-electron chi connectivity index (χ1n) is 6.20. The quantitative estimate of drug-likeness (QED) is 0.932. The van der Waals surface area contributed by atoms with Gasteiger partial charge in [0, 0.05) is 11.5 Å². The van der Waals surface area contributed by atoms with Crippen LogP contribution in [0.3, 0.4) is 0 Å². The molecule has 0 aliphatic rings. The van der Waals surface area contributed by atoms with E-state index in [0.29, 0.717) is 16.6 Å². The lowest BCUT2D eigenvalue weighted by Gasteiger charge is -2.07. The van der Waals surface area contributed by atoms with E-state index in [0.717, 1.165) is 16.1 Å². The molecule has 19 heavy (non-hydrogen) atoms. The maximum atomic E-state index is 12.2. The number of rotatable bonds is 3. The Morgan fingerprint density at radius 2 is 2.00 bits per heavy atom. The minimum atomic E-state index is -0.132. The molecule has 2 aromatic rings. The standard InChI is InChI=1S/C14H17N3OS/c1-8(2)13-16-17-14(19-13)15-12(18)11-7-5-6-9(3)10(11)4/h5-8H,1-4H3,(H,15,17,18). The zero-order valence-corrected chi connectivity index (χ0v) is 12.3. The zero-order chi connectivity index (χ0) is 14.0. The van der Waals surface area contributed by atoms with E-state index in [1.807, 2.05) is 32.0 Å². The summed E-state index contributed by atoms with van der Waals surface area (Å²) in [4.78, 5) is 12.2. The Morgan fingerprint density at radius 3 is 2.63 bits per heavy atom. The minimum Gasteiger partial charge on any atom is -0.296 e. The van der Waals surface area contributed by atoms with Gasteiger partial charge in [0.2, 0.25) is 5.13 Å². The van der Waals surface area contributed by atoms with Gasteiger partial charge in [-0.1, -0.05) is 37.3 Å². The van der Waals surface area contributed by atoms with E-state index in [9.17, 15) is 4.79 Å². The van der Waals surface area contributed by atoms with E-state index in [1.54, 1.807) is 0 Å². The van der Waals surface area contributed by atoms with Crippen molar-refractivity contribution in [1.29, 1.82) is 0 Å². The summed E-state index contributed by atoms with van der Waals surface area (Å²) in [5, 5.41) is 12.3. The molecule has 1 aromatic carbocycles. The van der Waals surface area contributed by atoms with Gasteiger partial charge in [-0.15, -0.1) is 10.2 Å². The third-order valence-corrected chi connectivity index (χ3v) is 4.14. The van der Waals surface area contributed by atoms with Crippen LogP contribution in [0.5, 0.6) is 0 Å². The van der Waals surface area contributed by atoms with Crippen LogP contribution >= 0.6 is 11.3 Å². The molecule has 2 rings (SSSR count). The number of aryl methyl sites for hydroxylation is 1. The molecule has 0 aliphatic carbocycles. The molecule has 5 heteroatoms. The van der Waals surface area contributed by atoms with Gasteiger partial charge in [0.05, 0.1) is 0 Å². The van der Waals surface area contributed by atoms with Crippen molar-refractivity contribution < 1.29 is 4.79 Å². The first-order valence-corrected chi connectivity index (χ1v) is 7.01. The number of carbonyl (C=O) groups excluding carboxylic acids is 1. The first-order chi connectivity index (χ1) is 8.99. The number of anilines is 1. The van der Waals surface area contributed by atoms with Crippen LogP contribution < -0.4 is 5.32 Å². The Labute approximate surface area is 116 Å². The Balaban J connectivity index is 2.18. The highest BCUT2D eigenvalue weighted by Gasteiger charge is 2.14. The van der Waals surface area contributed by atoms with Gasteiger partial charge in [0.15, 0.2) is 0 Å². The van der Waals surface area contributed by atoms with E-state index in [4.69, 9.17) is 0 Å². The number of hydrogen-bond acceptors (Lipinski definition) is 4. The Bertz CT molecular complexity index is 604. The molecule has 0 aliphatic heterocycles. The average molecular weight is 275 g/mol. The van der Waals surface area contributed by atoms with E-state index in [-0.39, 0.29) is 5.91 Å². The molecule has 0 saturated heterocycles. The monoisotopic (exact) mass is 275 g/mol. The van der Waals surface area contributed by atoms with Gasteiger partial charge < -0.3 is 0 Å². The van der Waals surface area contributed by atoms with Crippen LogP contribution in [0.1, 0.15) is 46.3 Å². The molecule has 0 fully saturated rings. The Morgan fingerprint density at radius 1 is 1.26 bits per heavy atom. The molecule has 1 aromatic heterocycles. The molecular weight excluding hydrogens is 258 g/mol. The summed E-state index contributed by atoms with van der Waals surface area (Å²) in [5.41, 5.74) is 2.78. The lowest BCUT2D eigenvalue weighted by atomic mass is 10.0. The van der Waals surface area contributed by atoms with Crippen molar-refractivity contribution in [3.63, 3.8) is 0 Å². The van der Waals surface area contributed by atoms with Crippen molar-refractivity contribution in [3.05, 3.63) is 39.9 Å². The van der Waals surface area contributed by atoms with Crippen molar-refractivity contribution in [2.75, 3.05) is 5.32 Å². The molecule has 0 atom stereocenters. The van der Waals surface area contributed by atoms with E-state index < -0.39 is 0 Å². The zero-order valence-electron chi connectivity index (χ0n) is 11.5. The molecule has 0 radical (unpaired) electrons. The highest BCUT2D eigenvalue weighted by molar-refractivity contribution is 7.15. The first kappa shape index (κ1) is 13.7. The summed E-state index contributed by atoms with van der Waals surface area (Å²) in [6.45, 7) is 8.05. The molecule has 4 nitrogen and oxygen atoms in total. The molecule has 100 valence electrons. The number of nitrogens with one attached hydrogen (secondary N) is 1. The second kappa shape index (κ2) is 5.48. The summed E-state index contributed by atoms with van der Waals surface area (Å²) in [6.07, 6.45) is 0. The summed E-state index contributed by atoms with van der Waals surface area (Å²) >= 11 is 1.42.